The average molecular weight is 561 g/mol. The molecule has 0 spiro atoms. The number of carbonyl (C=O) groups is 1. The molecule has 2 unspecified atom stereocenters. The Bertz CT molecular complexity index is 1450. The van der Waals surface area contributed by atoms with Crippen LogP contribution in [0, 0.1) is 11.6 Å². The van der Waals surface area contributed by atoms with Crippen LogP contribution in [0.1, 0.15) is 42.0 Å². The minimum Gasteiger partial charge on any atom is -0.413 e. The summed E-state index contributed by atoms with van der Waals surface area (Å²) >= 11 is 0. The van der Waals surface area contributed by atoms with Gasteiger partial charge in [0.1, 0.15) is 11.4 Å². The van der Waals surface area contributed by atoms with Gasteiger partial charge in [-0.05, 0) is 54.7 Å². The fourth-order valence-electron chi connectivity index (χ4n) is 4.00. The predicted octanol–water partition coefficient (Wildman–Crippen LogP) is 5.56. The smallest absolute Gasteiger partial charge is 0.413 e. The fraction of sp³-hybridized carbons (Fsp3) is 0.304. The number of hydrogen-bond acceptors (Lipinski definition) is 7. The highest BCUT2D eigenvalue weighted by atomic mass is 32.2. The lowest BCUT2D eigenvalue weighted by Crippen LogP contribution is -2.29. The highest BCUT2D eigenvalue weighted by Gasteiger charge is 2.45. The summed E-state index contributed by atoms with van der Waals surface area (Å²) in [5, 5.41) is 2.32. The van der Waals surface area contributed by atoms with Crippen molar-refractivity contribution < 1.29 is 49.1 Å². The molecule has 0 radical (unpaired) electrons. The lowest BCUT2D eigenvalue weighted by atomic mass is 10.0. The third-order valence-corrected chi connectivity index (χ3v) is 6.24. The molecule has 1 aliphatic carbocycles. The maximum absolute atomic E-state index is 14.2. The average Bonchev–Trinajstić information content (AvgIpc) is 3.42. The summed E-state index contributed by atoms with van der Waals surface area (Å²) in [6.45, 7) is 1.39. The number of fused-ring (bicyclic) bond motifs is 1. The van der Waals surface area contributed by atoms with E-state index in [0.717, 1.165) is 24.7 Å². The van der Waals surface area contributed by atoms with Gasteiger partial charge in [-0.2, -0.15) is 13.2 Å². The van der Waals surface area contributed by atoms with Crippen molar-refractivity contribution in [3.05, 3.63) is 64.9 Å². The van der Waals surface area contributed by atoms with Crippen LogP contribution in [-0.2, 0) is 16.4 Å². The van der Waals surface area contributed by atoms with E-state index in [2.05, 4.69) is 10.3 Å². The van der Waals surface area contributed by atoms with E-state index in [0.29, 0.717) is 5.56 Å². The molecule has 15 heteroatoms. The molecule has 2 atom stereocenters. The second kappa shape index (κ2) is 10.1. The Kier molecular flexibility index (Phi) is 7.23. The van der Waals surface area contributed by atoms with Gasteiger partial charge in [-0.1, -0.05) is 12.1 Å². The molecule has 0 saturated heterocycles. The van der Waals surface area contributed by atoms with Gasteiger partial charge in [0.15, 0.2) is 17.9 Å². The van der Waals surface area contributed by atoms with Gasteiger partial charge in [0.2, 0.25) is 10.0 Å². The van der Waals surface area contributed by atoms with Crippen LogP contribution in [0.2, 0.25) is 0 Å². The van der Waals surface area contributed by atoms with Gasteiger partial charge in [-0.15, -0.1) is 4.98 Å². The minimum absolute atomic E-state index is 0.0322. The third-order valence-electron chi connectivity index (χ3n) is 5.67. The maximum Gasteiger partial charge on any atom is 0.414 e. The summed E-state index contributed by atoms with van der Waals surface area (Å²) in [6.07, 6.45) is -4.16. The van der Waals surface area contributed by atoms with Crippen molar-refractivity contribution >= 4 is 21.8 Å². The number of carbonyl (C=O) groups excluding carboxylic acids is 1. The monoisotopic (exact) mass is 561 g/mol. The Balaban J connectivity index is 1.39. The van der Waals surface area contributed by atoms with Crippen LogP contribution in [0.4, 0.5) is 32.4 Å². The normalized spacial score (nSPS) is 16.0. The van der Waals surface area contributed by atoms with Gasteiger partial charge in [0.25, 0.3) is 5.88 Å². The zero-order valence-corrected chi connectivity index (χ0v) is 20.5. The van der Waals surface area contributed by atoms with Gasteiger partial charge in [-0.25, -0.2) is 22.0 Å². The summed E-state index contributed by atoms with van der Waals surface area (Å²) < 4.78 is 108. The molecule has 4 rings (SSSR count). The van der Waals surface area contributed by atoms with Crippen molar-refractivity contribution in [1.29, 1.82) is 0 Å². The number of nitrogens with one attached hydrogen (secondary N) is 2. The first-order valence-electron chi connectivity index (χ1n) is 11.0. The predicted molar refractivity (Wildman–Crippen MR) is 123 cm³/mol. The van der Waals surface area contributed by atoms with E-state index < -0.39 is 51.6 Å². The van der Waals surface area contributed by atoms with Gasteiger partial charge in [-0.3, -0.25) is 4.72 Å². The molecular formula is C23H20F5N3O6S. The van der Waals surface area contributed by atoms with E-state index in [4.69, 9.17) is 13.9 Å². The van der Waals surface area contributed by atoms with E-state index in [1.54, 1.807) is 4.72 Å². The van der Waals surface area contributed by atoms with Crippen LogP contribution in [0.25, 0.3) is 0 Å². The van der Waals surface area contributed by atoms with Crippen molar-refractivity contribution in [2.75, 3.05) is 11.0 Å². The van der Waals surface area contributed by atoms with Crippen LogP contribution in [0.15, 0.2) is 41.0 Å². The fourth-order valence-corrected chi connectivity index (χ4v) is 4.56. The Morgan fingerprint density at radius 3 is 2.53 bits per heavy atom. The van der Waals surface area contributed by atoms with Crippen molar-refractivity contribution in [2.24, 2.45) is 0 Å². The van der Waals surface area contributed by atoms with E-state index in [-0.39, 0.29) is 41.7 Å². The third kappa shape index (κ3) is 6.15. The minimum atomic E-state index is -4.38. The molecule has 0 aliphatic heterocycles. The molecule has 0 saturated carbocycles. The van der Waals surface area contributed by atoms with Crippen LogP contribution in [-0.4, -0.2) is 31.9 Å². The van der Waals surface area contributed by atoms with Crippen molar-refractivity contribution in [3.8, 4) is 17.7 Å². The highest BCUT2D eigenvalue weighted by molar-refractivity contribution is 7.92. The Morgan fingerprint density at radius 1 is 1.21 bits per heavy atom. The summed E-state index contributed by atoms with van der Waals surface area (Å²) in [5.74, 6) is -4.21. The van der Waals surface area contributed by atoms with Crippen LogP contribution >= 0.6 is 0 Å². The number of benzene rings is 2. The van der Waals surface area contributed by atoms with Gasteiger partial charge < -0.3 is 19.2 Å². The van der Waals surface area contributed by atoms with Gasteiger partial charge in [0, 0.05) is 0 Å². The van der Waals surface area contributed by atoms with Crippen molar-refractivity contribution in [3.63, 3.8) is 0 Å². The molecule has 204 valence electrons. The zero-order valence-electron chi connectivity index (χ0n) is 19.7. The second-order valence-electron chi connectivity index (χ2n) is 8.50. The quantitative estimate of drug-likeness (QED) is 0.363. The molecule has 2 N–H and O–H groups in total. The van der Waals surface area contributed by atoms with E-state index >= 15 is 0 Å². The van der Waals surface area contributed by atoms with Crippen LogP contribution < -0.4 is 19.5 Å². The summed E-state index contributed by atoms with van der Waals surface area (Å²) in [6, 6.07) is 4.97. The van der Waals surface area contributed by atoms with E-state index in [1.165, 1.54) is 25.1 Å². The number of nitrogens with zero attached hydrogens (tertiary/aromatic N) is 1. The van der Waals surface area contributed by atoms with Gasteiger partial charge >= 0.3 is 18.3 Å². The molecule has 2 aromatic carbocycles. The Labute approximate surface area is 213 Å². The molecule has 1 amide bonds. The maximum atomic E-state index is 14.2. The zero-order chi connectivity index (χ0) is 27.8. The standard InChI is InChI=1S/C23H20F5N3O6S/c1-11(12-8-16(24)20(17(25)9-12)31-38(2,33)34)29-21(32)37-19-10-35-22(30-19)36-18-5-3-4-13-14(18)6-7-15(13)23(26,27)28/h3-5,8-11,15,31H,6-7H2,1-2H3,(H,29,32). The molecular weight excluding hydrogens is 541 g/mol. The lowest BCUT2D eigenvalue weighted by molar-refractivity contribution is -0.149. The first-order valence-corrected chi connectivity index (χ1v) is 12.9. The van der Waals surface area contributed by atoms with E-state index in [1.807, 2.05) is 0 Å². The molecule has 1 heterocycles. The molecule has 1 aliphatic rings. The topological polar surface area (TPSA) is 120 Å². The Morgan fingerprint density at radius 2 is 1.89 bits per heavy atom. The van der Waals surface area contributed by atoms with Crippen molar-refractivity contribution in [1.82, 2.24) is 10.3 Å². The van der Waals surface area contributed by atoms with Gasteiger partial charge in [0.05, 0.1) is 18.2 Å². The number of aromatic nitrogens is 1. The summed E-state index contributed by atoms with van der Waals surface area (Å²) in [5.41, 5.74) is -0.409. The largest absolute Gasteiger partial charge is 0.414 e. The lowest BCUT2D eigenvalue weighted by Gasteiger charge is -2.16. The molecule has 0 fully saturated rings. The van der Waals surface area contributed by atoms with Crippen LogP contribution in [0.3, 0.4) is 0 Å². The summed E-state index contributed by atoms with van der Waals surface area (Å²) in [7, 11) is -3.93. The van der Waals surface area contributed by atoms with E-state index in [9.17, 15) is 35.2 Å². The number of amides is 1. The SMILES string of the molecule is CC(NC(=O)Oc1coc(Oc2cccc3c2CCC3C(F)(F)F)n1)c1cc(F)c(NS(C)(=O)=O)c(F)c1. The Hall–Kier alpha value is -3.88. The number of hydrogen-bond donors (Lipinski definition) is 2. The number of rotatable bonds is 7. The number of anilines is 1. The van der Waals surface area contributed by atoms with Crippen molar-refractivity contribution in [2.45, 2.75) is 37.9 Å². The molecule has 38 heavy (non-hydrogen) atoms. The number of halogens is 5. The second-order valence-corrected chi connectivity index (χ2v) is 10.2. The number of ether oxygens (including phenoxy) is 2. The molecule has 3 aromatic rings. The molecule has 9 nitrogen and oxygen atoms in total. The van der Waals surface area contributed by atoms with Crippen LogP contribution in [0.5, 0.6) is 17.7 Å². The number of alkyl halides is 3. The first-order chi connectivity index (χ1) is 17.7. The number of oxazole rings is 1. The molecule has 1 aromatic heterocycles. The first kappa shape index (κ1) is 27.2. The highest BCUT2D eigenvalue weighted by Crippen LogP contribution is 2.47. The molecule has 0 bridgehead atoms. The number of sulfonamides is 1. The summed E-state index contributed by atoms with van der Waals surface area (Å²) in [4.78, 5) is 16.0.